The van der Waals surface area contributed by atoms with Gasteiger partial charge in [0.05, 0.1) is 26.9 Å². The summed E-state index contributed by atoms with van der Waals surface area (Å²) in [5, 5.41) is 3.48. The molecule has 0 spiro atoms. The Labute approximate surface area is 162 Å². The van der Waals surface area contributed by atoms with Crippen LogP contribution >= 0.6 is 0 Å². The molecule has 0 bridgehead atoms. The van der Waals surface area contributed by atoms with Gasteiger partial charge in [-0.1, -0.05) is 12.1 Å². The van der Waals surface area contributed by atoms with Gasteiger partial charge in [0.2, 0.25) is 0 Å². The van der Waals surface area contributed by atoms with Crippen LogP contribution in [-0.2, 0) is 13.0 Å². The Balaban J connectivity index is 1.90. The Kier molecular flexibility index (Phi) is 8.27. The first-order valence-electron chi connectivity index (χ1n) is 9.41. The quantitative estimate of drug-likeness (QED) is 0.598. The number of benzene rings is 2. The lowest BCUT2D eigenvalue weighted by atomic mass is 10.1. The van der Waals surface area contributed by atoms with Crippen molar-refractivity contribution in [2.75, 3.05) is 27.4 Å². The van der Waals surface area contributed by atoms with Crippen molar-refractivity contribution in [3.63, 3.8) is 0 Å². The fourth-order valence-corrected chi connectivity index (χ4v) is 2.78. The van der Waals surface area contributed by atoms with E-state index in [2.05, 4.69) is 17.4 Å². The van der Waals surface area contributed by atoms with Crippen LogP contribution in [0.3, 0.4) is 0 Å². The highest BCUT2D eigenvalue weighted by molar-refractivity contribution is 5.44. The van der Waals surface area contributed by atoms with Crippen LogP contribution in [0.25, 0.3) is 0 Å². The van der Waals surface area contributed by atoms with E-state index < -0.39 is 0 Å². The van der Waals surface area contributed by atoms with E-state index in [4.69, 9.17) is 18.9 Å². The maximum atomic E-state index is 5.81. The molecule has 0 saturated carbocycles. The van der Waals surface area contributed by atoms with E-state index in [-0.39, 0.29) is 6.10 Å². The maximum absolute atomic E-state index is 5.81. The lowest BCUT2D eigenvalue weighted by molar-refractivity contribution is 0.223. The summed E-state index contributed by atoms with van der Waals surface area (Å²) in [7, 11) is 3.30. The molecule has 0 heterocycles. The van der Waals surface area contributed by atoms with Crippen molar-refractivity contribution < 1.29 is 18.9 Å². The Hall–Kier alpha value is -2.40. The van der Waals surface area contributed by atoms with Crippen LogP contribution in [0.4, 0.5) is 0 Å². The van der Waals surface area contributed by atoms with Gasteiger partial charge in [-0.25, -0.2) is 0 Å². The molecule has 0 fully saturated rings. The van der Waals surface area contributed by atoms with Crippen molar-refractivity contribution in [1.29, 1.82) is 0 Å². The molecule has 148 valence electrons. The van der Waals surface area contributed by atoms with E-state index >= 15 is 0 Å². The number of hydrogen-bond donors (Lipinski definition) is 1. The van der Waals surface area contributed by atoms with Crippen molar-refractivity contribution in [1.82, 2.24) is 5.32 Å². The summed E-state index contributed by atoms with van der Waals surface area (Å²) in [4.78, 5) is 0. The first-order valence-corrected chi connectivity index (χ1v) is 9.41. The Morgan fingerprint density at radius 2 is 1.52 bits per heavy atom. The summed E-state index contributed by atoms with van der Waals surface area (Å²) in [5.74, 6) is 3.10. The first-order chi connectivity index (χ1) is 13.1. The zero-order chi connectivity index (χ0) is 19.6. The summed E-state index contributed by atoms with van der Waals surface area (Å²) < 4.78 is 22.2. The molecule has 0 saturated heterocycles. The maximum Gasteiger partial charge on any atom is 0.161 e. The minimum absolute atomic E-state index is 0.120. The van der Waals surface area contributed by atoms with Crippen molar-refractivity contribution in [3.05, 3.63) is 47.5 Å². The average Bonchev–Trinajstić information content (AvgIpc) is 2.66. The van der Waals surface area contributed by atoms with Gasteiger partial charge in [-0.3, -0.25) is 0 Å². The summed E-state index contributed by atoms with van der Waals surface area (Å²) >= 11 is 0. The molecule has 0 aliphatic rings. The third-order valence-electron chi connectivity index (χ3n) is 4.04. The molecule has 0 aliphatic carbocycles. The van der Waals surface area contributed by atoms with Crippen LogP contribution in [0.2, 0.25) is 0 Å². The van der Waals surface area contributed by atoms with Gasteiger partial charge < -0.3 is 24.3 Å². The van der Waals surface area contributed by atoms with E-state index in [0.29, 0.717) is 6.61 Å². The van der Waals surface area contributed by atoms with E-state index in [0.717, 1.165) is 42.5 Å². The van der Waals surface area contributed by atoms with Crippen LogP contribution in [0.15, 0.2) is 36.4 Å². The second-order valence-electron chi connectivity index (χ2n) is 6.50. The Morgan fingerprint density at radius 3 is 2.19 bits per heavy atom. The number of hydrogen-bond acceptors (Lipinski definition) is 5. The fourth-order valence-electron chi connectivity index (χ4n) is 2.78. The van der Waals surface area contributed by atoms with E-state index in [1.54, 1.807) is 14.2 Å². The minimum atomic E-state index is 0.120. The van der Waals surface area contributed by atoms with Gasteiger partial charge in [-0.15, -0.1) is 0 Å². The van der Waals surface area contributed by atoms with Gasteiger partial charge in [-0.05, 0) is 69.1 Å². The van der Waals surface area contributed by atoms with Crippen LogP contribution in [0.5, 0.6) is 23.0 Å². The molecule has 0 aromatic heterocycles. The van der Waals surface area contributed by atoms with Crippen molar-refractivity contribution >= 4 is 0 Å². The molecule has 0 aliphatic heterocycles. The van der Waals surface area contributed by atoms with Crippen LogP contribution in [-0.4, -0.2) is 33.5 Å². The van der Waals surface area contributed by atoms with Gasteiger partial charge in [0.1, 0.15) is 0 Å². The molecule has 0 unspecified atom stereocenters. The topological polar surface area (TPSA) is 49.0 Å². The van der Waals surface area contributed by atoms with Gasteiger partial charge in [-0.2, -0.15) is 0 Å². The average molecular weight is 373 g/mol. The summed E-state index contributed by atoms with van der Waals surface area (Å²) in [6.07, 6.45) is 1.03. The Bertz CT molecular complexity index is 715. The summed E-state index contributed by atoms with van der Waals surface area (Å²) in [6, 6.07) is 12.1. The highest BCUT2D eigenvalue weighted by atomic mass is 16.5. The fraction of sp³-hybridized carbons (Fsp3) is 0.455. The lowest BCUT2D eigenvalue weighted by Gasteiger charge is -2.16. The number of methoxy groups -OCH3 is 2. The summed E-state index contributed by atoms with van der Waals surface area (Å²) in [6.45, 7) is 8.26. The molecule has 0 atom stereocenters. The molecule has 2 rings (SSSR count). The molecule has 0 amide bonds. The molecular weight excluding hydrogens is 342 g/mol. The number of ether oxygens (including phenoxy) is 4. The molecule has 5 nitrogen and oxygen atoms in total. The minimum Gasteiger partial charge on any atom is -0.493 e. The molecular formula is C22H31NO4. The smallest absolute Gasteiger partial charge is 0.161 e. The van der Waals surface area contributed by atoms with Gasteiger partial charge in [0.25, 0.3) is 0 Å². The predicted molar refractivity (Wildman–Crippen MR) is 108 cm³/mol. The second kappa shape index (κ2) is 10.7. The van der Waals surface area contributed by atoms with Crippen molar-refractivity contribution in [2.24, 2.45) is 0 Å². The van der Waals surface area contributed by atoms with Crippen molar-refractivity contribution in [3.8, 4) is 23.0 Å². The highest BCUT2D eigenvalue weighted by Crippen LogP contribution is 2.30. The zero-order valence-electron chi connectivity index (χ0n) is 17.0. The van der Waals surface area contributed by atoms with Crippen LogP contribution in [0, 0.1) is 0 Å². The van der Waals surface area contributed by atoms with E-state index in [1.807, 2.05) is 45.0 Å². The molecule has 2 aromatic carbocycles. The van der Waals surface area contributed by atoms with Gasteiger partial charge >= 0.3 is 0 Å². The first kappa shape index (κ1) is 20.9. The SMILES string of the molecule is CCOc1cc(CNCCc2ccc(OC)c(OC)c2)ccc1OC(C)C. The standard InChI is InChI=1S/C22H31NO4/c1-6-26-22-14-18(8-10-20(22)27-16(2)3)15-23-12-11-17-7-9-19(24-4)21(13-17)25-5/h7-10,13-14,16,23H,6,11-12,15H2,1-5H3. The van der Waals surface area contributed by atoms with E-state index in [9.17, 15) is 0 Å². The van der Waals surface area contributed by atoms with Gasteiger partial charge in [0, 0.05) is 6.54 Å². The highest BCUT2D eigenvalue weighted by Gasteiger charge is 2.08. The largest absolute Gasteiger partial charge is 0.493 e. The third-order valence-corrected chi connectivity index (χ3v) is 4.04. The van der Waals surface area contributed by atoms with E-state index in [1.165, 1.54) is 11.1 Å². The normalized spacial score (nSPS) is 10.7. The number of nitrogens with one attached hydrogen (secondary N) is 1. The summed E-state index contributed by atoms with van der Waals surface area (Å²) in [5.41, 5.74) is 2.37. The monoisotopic (exact) mass is 373 g/mol. The van der Waals surface area contributed by atoms with Gasteiger partial charge in [0.15, 0.2) is 23.0 Å². The Morgan fingerprint density at radius 1 is 0.852 bits per heavy atom. The molecule has 0 radical (unpaired) electrons. The zero-order valence-corrected chi connectivity index (χ0v) is 17.0. The van der Waals surface area contributed by atoms with Crippen LogP contribution < -0.4 is 24.3 Å². The number of rotatable bonds is 11. The van der Waals surface area contributed by atoms with Crippen LogP contribution in [0.1, 0.15) is 31.9 Å². The molecule has 1 N–H and O–H groups in total. The predicted octanol–water partition coefficient (Wildman–Crippen LogP) is 4.22. The molecule has 2 aromatic rings. The molecule has 27 heavy (non-hydrogen) atoms. The lowest BCUT2D eigenvalue weighted by Crippen LogP contribution is -2.17. The third kappa shape index (κ3) is 6.36. The second-order valence-corrected chi connectivity index (χ2v) is 6.50. The van der Waals surface area contributed by atoms with Crippen molar-refractivity contribution in [2.45, 2.75) is 39.8 Å². The molecule has 5 heteroatoms.